The van der Waals surface area contributed by atoms with Crippen molar-refractivity contribution in [2.24, 2.45) is 0 Å². The van der Waals surface area contributed by atoms with Crippen LogP contribution in [0, 0.1) is 10.1 Å². The molecule has 140 valence electrons. The van der Waals surface area contributed by atoms with Gasteiger partial charge in [-0.05, 0) is 24.3 Å². The van der Waals surface area contributed by atoms with E-state index in [0.29, 0.717) is 40.0 Å². The number of nitrogens with zero attached hydrogens (tertiary/aromatic N) is 3. The van der Waals surface area contributed by atoms with Crippen molar-refractivity contribution in [3.63, 3.8) is 0 Å². The minimum Gasteiger partial charge on any atom is -0.493 e. The Hall–Kier alpha value is -3.33. The van der Waals surface area contributed by atoms with E-state index in [4.69, 9.17) is 25.8 Å². The zero-order valence-corrected chi connectivity index (χ0v) is 15.4. The highest BCUT2D eigenvalue weighted by atomic mass is 35.5. The standard InChI is InChI=1S/C17H15ClN4O5/c1-25-13-7-10(8-14(26-2)15(13)27-3)17-19-16(20-21-17)9-4-5-11(18)12(6-9)22(23)24/h4-8H,1-3H3,(H,19,20,21). The first-order chi connectivity index (χ1) is 13.0. The summed E-state index contributed by atoms with van der Waals surface area (Å²) < 4.78 is 15.9. The van der Waals surface area contributed by atoms with E-state index in [-0.39, 0.29) is 10.7 Å². The molecule has 1 heterocycles. The number of ether oxygens (including phenoxy) is 3. The first-order valence-electron chi connectivity index (χ1n) is 7.65. The van der Waals surface area contributed by atoms with Crippen molar-refractivity contribution >= 4 is 17.3 Å². The summed E-state index contributed by atoms with van der Waals surface area (Å²) in [6.07, 6.45) is 0. The zero-order valence-electron chi connectivity index (χ0n) is 14.6. The van der Waals surface area contributed by atoms with E-state index < -0.39 is 4.92 Å². The van der Waals surface area contributed by atoms with Gasteiger partial charge in [0.05, 0.1) is 26.3 Å². The van der Waals surface area contributed by atoms with Gasteiger partial charge in [-0.15, -0.1) is 0 Å². The first-order valence-corrected chi connectivity index (χ1v) is 8.03. The number of hydrogen-bond donors (Lipinski definition) is 1. The maximum Gasteiger partial charge on any atom is 0.288 e. The summed E-state index contributed by atoms with van der Waals surface area (Å²) in [5.41, 5.74) is 0.896. The van der Waals surface area contributed by atoms with Crippen LogP contribution in [0.15, 0.2) is 30.3 Å². The van der Waals surface area contributed by atoms with Gasteiger partial charge < -0.3 is 14.2 Å². The van der Waals surface area contributed by atoms with Crippen LogP contribution >= 0.6 is 11.6 Å². The lowest BCUT2D eigenvalue weighted by atomic mass is 10.1. The number of aromatic nitrogens is 3. The van der Waals surface area contributed by atoms with E-state index in [1.165, 1.54) is 33.5 Å². The molecule has 0 saturated heterocycles. The van der Waals surface area contributed by atoms with Crippen LogP contribution in [0.1, 0.15) is 0 Å². The molecule has 0 unspecified atom stereocenters. The number of hydrogen-bond acceptors (Lipinski definition) is 7. The molecule has 1 aromatic heterocycles. The van der Waals surface area contributed by atoms with Crippen LogP contribution in [0.2, 0.25) is 5.02 Å². The second-order valence-corrected chi connectivity index (χ2v) is 5.75. The number of aromatic amines is 1. The third-order valence-electron chi connectivity index (χ3n) is 3.82. The maximum atomic E-state index is 11.1. The number of methoxy groups -OCH3 is 3. The van der Waals surface area contributed by atoms with Gasteiger partial charge in [-0.2, -0.15) is 5.10 Å². The lowest BCUT2D eigenvalue weighted by molar-refractivity contribution is -0.384. The van der Waals surface area contributed by atoms with Crippen molar-refractivity contribution in [3.05, 3.63) is 45.5 Å². The van der Waals surface area contributed by atoms with Gasteiger partial charge in [0.1, 0.15) is 5.02 Å². The zero-order chi connectivity index (χ0) is 19.6. The molecule has 0 aliphatic rings. The highest BCUT2D eigenvalue weighted by Crippen LogP contribution is 2.40. The molecule has 10 heteroatoms. The lowest BCUT2D eigenvalue weighted by Gasteiger charge is -2.12. The Balaban J connectivity index is 2.04. The van der Waals surface area contributed by atoms with Crippen LogP contribution in [-0.4, -0.2) is 41.4 Å². The third kappa shape index (κ3) is 3.49. The highest BCUT2D eigenvalue weighted by Gasteiger charge is 2.18. The van der Waals surface area contributed by atoms with E-state index in [2.05, 4.69) is 15.2 Å². The fourth-order valence-corrected chi connectivity index (χ4v) is 2.72. The molecule has 0 radical (unpaired) electrons. The van der Waals surface area contributed by atoms with E-state index in [1.54, 1.807) is 18.2 Å². The fourth-order valence-electron chi connectivity index (χ4n) is 2.53. The Morgan fingerprint density at radius 1 is 1.04 bits per heavy atom. The van der Waals surface area contributed by atoms with E-state index >= 15 is 0 Å². The molecule has 27 heavy (non-hydrogen) atoms. The summed E-state index contributed by atoms with van der Waals surface area (Å²) >= 11 is 5.85. The predicted molar refractivity (Wildman–Crippen MR) is 98.6 cm³/mol. The molecule has 3 rings (SSSR count). The molecule has 0 spiro atoms. The third-order valence-corrected chi connectivity index (χ3v) is 4.14. The van der Waals surface area contributed by atoms with Crippen LogP contribution in [0.25, 0.3) is 22.8 Å². The molecule has 2 aromatic carbocycles. The molecular formula is C17H15ClN4O5. The van der Waals surface area contributed by atoms with Gasteiger partial charge in [0, 0.05) is 17.2 Å². The Bertz CT molecular complexity index is 980. The van der Waals surface area contributed by atoms with Gasteiger partial charge >= 0.3 is 0 Å². The van der Waals surface area contributed by atoms with Crippen molar-refractivity contribution in [3.8, 4) is 40.0 Å². The van der Waals surface area contributed by atoms with Crippen LogP contribution in [0.5, 0.6) is 17.2 Å². The maximum absolute atomic E-state index is 11.1. The Labute approximate surface area is 159 Å². The number of halogens is 1. The average Bonchev–Trinajstić information content (AvgIpc) is 3.17. The Kier molecular flexibility index (Phi) is 5.13. The molecule has 9 nitrogen and oxygen atoms in total. The summed E-state index contributed by atoms with van der Waals surface area (Å²) in [5, 5.41) is 18.1. The number of rotatable bonds is 6. The van der Waals surface area contributed by atoms with Gasteiger partial charge in [0.2, 0.25) is 5.75 Å². The molecule has 0 amide bonds. The molecule has 0 bridgehead atoms. The molecule has 3 aromatic rings. The van der Waals surface area contributed by atoms with Gasteiger partial charge in [-0.3, -0.25) is 15.2 Å². The molecule has 0 saturated carbocycles. The summed E-state index contributed by atoms with van der Waals surface area (Å²) in [7, 11) is 4.53. The molecule has 0 atom stereocenters. The average molecular weight is 391 g/mol. The molecule has 1 N–H and O–H groups in total. The van der Waals surface area contributed by atoms with Gasteiger partial charge in [-0.1, -0.05) is 11.6 Å². The molecule has 0 fully saturated rings. The van der Waals surface area contributed by atoms with Crippen molar-refractivity contribution < 1.29 is 19.1 Å². The minimum atomic E-state index is -0.553. The summed E-state index contributed by atoms with van der Waals surface area (Å²) in [4.78, 5) is 14.9. The van der Waals surface area contributed by atoms with Gasteiger partial charge in [0.25, 0.3) is 5.69 Å². The van der Waals surface area contributed by atoms with E-state index in [1.807, 2.05) is 0 Å². The minimum absolute atomic E-state index is 0.0492. The van der Waals surface area contributed by atoms with Crippen molar-refractivity contribution in [2.45, 2.75) is 0 Å². The Morgan fingerprint density at radius 3 is 2.26 bits per heavy atom. The predicted octanol–water partition coefficient (Wildman–Crippen LogP) is 3.73. The monoisotopic (exact) mass is 390 g/mol. The number of nitro benzene ring substituents is 1. The normalized spacial score (nSPS) is 10.5. The fraction of sp³-hybridized carbons (Fsp3) is 0.176. The second kappa shape index (κ2) is 7.50. The molecule has 0 aliphatic heterocycles. The van der Waals surface area contributed by atoms with Crippen molar-refractivity contribution in [1.29, 1.82) is 0 Å². The van der Waals surface area contributed by atoms with Crippen LogP contribution < -0.4 is 14.2 Å². The lowest BCUT2D eigenvalue weighted by Crippen LogP contribution is -1.96. The van der Waals surface area contributed by atoms with E-state index in [0.717, 1.165) is 0 Å². The second-order valence-electron chi connectivity index (χ2n) is 5.34. The van der Waals surface area contributed by atoms with Crippen LogP contribution in [-0.2, 0) is 0 Å². The van der Waals surface area contributed by atoms with Gasteiger partial charge in [-0.25, -0.2) is 4.98 Å². The smallest absolute Gasteiger partial charge is 0.288 e. The quantitative estimate of drug-likeness (QED) is 0.504. The topological polar surface area (TPSA) is 112 Å². The number of H-pyrrole nitrogens is 1. The number of nitro groups is 1. The largest absolute Gasteiger partial charge is 0.493 e. The van der Waals surface area contributed by atoms with Crippen molar-refractivity contribution in [2.75, 3.05) is 21.3 Å². The summed E-state index contributed by atoms with van der Waals surface area (Å²) in [5.74, 6) is 2.09. The van der Waals surface area contributed by atoms with Crippen LogP contribution in [0.3, 0.4) is 0 Å². The first kappa shape index (κ1) is 18.5. The highest BCUT2D eigenvalue weighted by molar-refractivity contribution is 6.32. The van der Waals surface area contributed by atoms with Crippen molar-refractivity contribution in [1.82, 2.24) is 15.2 Å². The number of nitrogens with one attached hydrogen (secondary N) is 1. The molecule has 0 aliphatic carbocycles. The molecular weight excluding hydrogens is 376 g/mol. The SMILES string of the molecule is COc1cc(-c2n[nH]c(-c3ccc(Cl)c([N+](=O)[O-])c3)n2)cc(OC)c1OC. The number of benzene rings is 2. The summed E-state index contributed by atoms with van der Waals surface area (Å²) in [6.45, 7) is 0. The van der Waals surface area contributed by atoms with Gasteiger partial charge in [0.15, 0.2) is 23.1 Å². The Morgan fingerprint density at radius 2 is 1.70 bits per heavy atom. The summed E-state index contributed by atoms with van der Waals surface area (Å²) in [6, 6.07) is 7.81. The van der Waals surface area contributed by atoms with Crippen LogP contribution in [0.4, 0.5) is 5.69 Å². The van der Waals surface area contributed by atoms with E-state index in [9.17, 15) is 10.1 Å².